The molecule has 0 spiro atoms. The molecule has 2 aromatic rings. The van der Waals surface area contributed by atoms with Crippen LogP contribution in [-0.2, 0) is 16.1 Å². The van der Waals surface area contributed by atoms with E-state index in [1.54, 1.807) is 16.7 Å². The Hall–Kier alpha value is -2.61. The first-order valence-electron chi connectivity index (χ1n) is 9.40. The van der Waals surface area contributed by atoms with Crippen molar-refractivity contribution >= 4 is 34.5 Å². The van der Waals surface area contributed by atoms with Crippen molar-refractivity contribution in [3.8, 4) is 0 Å². The highest BCUT2D eigenvalue weighted by atomic mass is 32.2. The molecule has 0 bridgehead atoms. The van der Waals surface area contributed by atoms with Crippen molar-refractivity contribution in [1.82, 2.24) is 14.9 Å². The Morgan fingerprint density at radius 1 is 1.25 bits per heavy atom. The molecular weight excluding hydrogens is 376 g/mol. The number of fused-ring (bicyclic) bond motifs is 1. The molecule has 0 saturated carbocycles. The van der Waals surface area contributed by atoms with Gasteiger partial charge in [0.1, 0.15) is 0 Å². The number of benzene rings is 1. The molecule has 0 aliphatic heterocycles. The maximum atomic E-state index is 13.0. The van der Waals surface area contributed by atoms with Crippen LogP contribution in [0, 0.1) is 0 Å². The molecule has 28 heavy (non-hydrogen) atoms. The van der Waals surface area contributed by atoms with Gasteiger partial charge in [0, 0.05) is 6.54 Å². The third-order valence-electron chi connectivity index (χ3n) is 4.66. The summed E-state index contributed by atoms with van der Waals surface area (Å²) in [5, 5.41) is 3.53. The molecule has 2 amide bonds. The number of hydrogen-bond donors (Lipinski definition) is 2. The van der Waals surface area contributed by atoms with Crippen molar-refractivity contribution in [2.75, 3.05) is 12.3 Å². The standard InChI is InChI=1S/C20H24N4O3S/c21-17(25)12-22-18(26)13-28-20-23-16-9-5-4-8-15(16)19(27)24(20)11-10-14-6-2-1-3-7-14/h4-6,8-9H,1-3,7,10-13H2,(H2,21,25)(H,22,26). The minimum absolute atomic E-state index is 0.0563. The SMILES string of the molecule is NC(=O)CNC(=O)CSc1nc2ccccc2c(=O)n1CCC1=CCCCC1. The Bertz CT molecular complexity index is 968. The van der Waals surface area contributed by atoms with Crippen LogP contribution in [0.25, 0.3) is 10.9 Å². The van der Waals surface area contributed by atoms with E-state index >= 15 is 0 Å². The zero-order valence-electron chi connectivity index (χ0n) is 15.6. The van der Waals surface area contributed by atoms with Crippen LogP contribution in [0.2, 0.25) is 0 Å². The second-order valence-electron chi connectivity index (χ2n) is 6.76. The summed E-state index contributed by atoms with van der Waals surface area (Å²) in [5.74, 6) is -0.867. The van der Waals surface area contributed by atoms with Crippen LogP contribution in [0.3, 0.4) is 0 Å². The first-order valence-corrected chi connectivity index (χ1v) is 10.4. The molecular formula is C20H24N4O3S. The maximum Gasteiger partial charge on any atom is 0.262 e. The van der Waals surface area contributed by atoms with E-state index in [0.29, 0.717) is 22.6 Å². The average Bonchev–Trinajstić information content (AvgIpc) is 2.71. The Labute approximate surface area is 167 Å². The van der Waals surface area contributed by atoms with Gasteiger partial charge < -0.3 is 11.1 Å². The lowest BCUT2D eigenvalue weighted by Crippen LogP contribution is -2.34. The van der Waals surface area contributed by atoms with Gasteiger partial charge in [-0.25, -0.2) is 4.98 Å². The van der Waals surface area contributed by atoms with E-state index in [2.05, 4.69) is 16.4 Å². The van der Waals surface area contributed by atoms with Gasteiger partial charge in [0.15, 0.2) is 5.16 Å². The number of nitrogens with two attached hydrogens (primary N) is 1. The molecule has 0 fully saturated rings. The molecule has 0 atom stereocenters. The average molecular weight is 401 g/mol. The van der Waals surface area contributed by atoms with Crippen LogP contribution in [0.5, 0.6) is 0 Å². The van der Waals surface area contributed by atoms with Crippen LogP contribution in [0.4, 0.5) is 0 Å². The predicted octanol–water partition coefficient (Wildman–Crippen LogP) is 1.98. The Morgan fingerprint density at radius 2 is 2.07 bits per heavy atom. The number of primary amides is 1. The number of aromatic nitrogens is 2. The third-order valence-corrected chi connectivity index (χ3v) is 5.64. The molecule has 3 N–H and O–H groups in total. The molecule has 0 radical (unpaired) electrons. The van der Waals surface area contributed by atoms with Gasteiger partial charge in [0.25, 0.3) is 5.56 Å². The molecule has 1 heterocycles. The molecule has 7 nitrogen and oxygen atoms in total. The number of thioether (sulfide) groups is 1. The number of allylic oxidation sites excluding steroid dienone is 2. The lowest BCUT2D eigenvalue weighted by atomic mass is 9.97. The summed E-state index contributed by atoms with van der Waals surface area (Å²) in [4.78, 5) is 40.3. The normalized spacial score (nSPS) is 13.9. The zero-order chi connectivity index (χ0) is 19.9. The fourth-order valence-electron chi connectivity index (χ4n) is 3.21. The summed E-state index contributed by atoms with van der Waals surface area (Å²) in [5.41, 5.74) is 6.93. The smallest absolute Gasteiger partial charge is 0.262 e. The van der Waals surface area contributed by atoms with Gasteiger partial charge in [-0.2, -0.15) is 0 Å². The molecule has 1 aromatic carbocycles. The third kappa shape index (κ3) is 5.22. The molecule has 148 valence electrons. The first kappa shape index (κ1) is 20.1. The molecule has 0 saturated heterocycles. The summed E-state index contributed by atoms with van der Waals surface area (Å²) in [6.45, 7) is 0.333. The minimum atomic E-state index is -0.597. The summed E-state index contributed by atoms with van der Waals surface area (Å²) in [6.07, 6.45) is 7.67. The maximum absolute atomic E-state index is 13.0. The van der Waals surface area contributed by atoms with Crippen LogP contribution in [-0.4, -0.2) is 33.7 Å². The van der Waals surface area contributed by atoms with Crippen molar-refractivity contribution in [3.63, 3.8) is 0 Å². The molecule has 1 aromatic heterocycles. The summed E-state index contributed by atoms with van der Waals surface area (Å²) in [7, 11) is 0. The number of amides is 2. The number of para-hydroxylation sites is 1. The Kier molecular flexibility index (Phi) is 6.86. The fraction of sp³-hybridized carbons (Fsp3) is 0.400. The van der Waals surface area contributed by atoms with E-state index in [-0.39, 0.29) is 23.8 Å². The van der Waals surface area contributed by atoms with Crippen LogP contribution in [0.15, 0.2) is 45.9 Å². The lowest BCUT2D eigenvalue weighted by molar-refractivity contribution is -0.123. The highest BCUT2D eigenvalue weighted by molar-refractivity contribution is 7.99. The van der Waals surface area contributed by atoms with Gasteiger partial charge in [-0.3, -0.25) is 19.0 Å². The van der Waals surface area contributed by atoms with Crippen LogP contribution in [0.1, 0.15) is 32.1 Å². The fourth-order valence-corrected chi connectivity index (χ4v) is 4.06. The van der Waals surface area contributed by atoms with Crippen molar-refractivity contribution in [2.24, 2.45) is 5.73 Å². The van der Waals surface area contributed by atoms with Gasteiger partial charge in [0.2, 0.25) is 11.8 Å². The topological polar surface area (TPSA) is 107 Å². The highest BCUT2D eigenvalue weighted by Crippen LogP contribution is 2.22. The molecule has 0 unspecified atom stereocenters. The minimum Gasteiger partial charge on any atom is -0.368 e. The van der Waals surface area contributed by atoms with E-state index in [9.17, 15) is 14.4 Å². The number of nitrogens with zero attached hydrogens (tertiary/aromatic N) is 2. The second kappa shape index (κ2) is 9.54. The number of carbonyl (C=O) groups excluding carboxylic acids is 2. The zero-order valence-corrected chi connectivity index (χ0v) is 16.5. The van der Waals surface area contributed by atoms with Crippen LogP contribution < -0.4 is 16.6 Å². The van der Waals surface area contributed by atoms with Gasteiger partial charge in [0.05, 0.1) is 23.2 Å². The Morgan fingerprint density at radius 3 is 2.82 bits per heavy atom. The molecule has 1 aliphatic carbocycles. The van der Waals surface area contributed by atoms with Crippen molar-refractivity contribution in [3.05, 3.63) is 46.3 Å². The second-order valence-corrected chi connectivity index (χ2v) is 7.70. The van der Waals surface area contributed by atoms with Crippen LogP contribution >= 0.6 is 11.8 Å². The van der Waals surface area contributed by atoms with E-state index < -0.39 is 5.91 Å². The van der Waals surface area contributed by atoms with E-state index in [1.165, 1.54) is 30.2 Å². The molecule has 8 heteroatoms. The van der Waals surface area contributed by atoms with E-state index in [4.69, 9.17) is 5.73 Å². The van der Waals surface area contributed by atoms with Gasteiger partial charge >= 0.3 is 0 Å². The summed E-state index contributed by atoms with van der Waals surface area (Å²) >= 11 is 1.19. The first-order chi connectivity index (χ1) is 13.5. The quantitative estimate of drug-likeness (QED) is 0.400. The van der Waals surface area contributed by atoms with Gasteiger partial charge in [-0.15, -0.1) is 0 Å². The number of hydrogen-bond acceptors (Lipinski definition) is 5. The summed E-state index contributed by atoms with van der Waals surface area (Å²) < 4.78 is 1.66. The van der Waals surface area contributed by atoms with Gasteiger partial charge in [-0.05, 0) is 44.2 Å². The molecule has 3 rings (SSSR count). The molecule has 1 aliphatic rings. The Balaban J connectivity index is 1.81. The van der Waals surface area contributed by atoms with Crippen molar-refractivity contribution in [2.45, 2.75) is 43.8 Å². The van der Waals surface area contributed by atoms with E-state index in [1.807, 2.05) is 12.1 Å². The largest absolute Gasteiger partial charge is 0.368 e. The lowest BCUT2D eigenvalue weighted by Gasteiger charge is -2.16. The summed E-state index contributed by atoms with van der Waals surface area (Å²) in [6, 6.07) is 7.22. The van der Waals surface area contributed by atoms with Crippen molar-refractivity contribution < 1.29 is 9.59 Å². The number of rotatable bonds is 8. The van der Waals surface area contributed by atoms with Gasteiger partial charge in [-0.1, -0.05) is 35.5 Å². The predicted molar refractivity (Wildman–Crippen MR) is 110 cm³/mol. The number of nitrogens with one attached hydrogen (secondary N) is 1. The monoisotopic (exact) mass is 400 g/mol. The van der Waals surface area contributed by atoms with Crippen molar-refractivity contribution in [1.29, 1.82) is 0 Å². The number of carbonyl (C=O) groups is 2. The highest BCUT2D eigenvalue weighted by Gasteiger charge is 2.14. The van der Waals surface area contributed by atoms with E-state index in [0.717, 1.165) is 19.3 Å².